The van der Waals surface area contributed by atoms with Gasteiger partial charge < -0.3 is 50.9 Å². The fourth-order valence-electron chi connectivity index (χ4n) is 0.642. The molecule has 0 nitrogen and oxygen atoms in total. The van der Waals surface area contributed by atoms with Gasteiger partial charge in [0.05, 0.1) is 0 Å². The summed E-state index contributed by atoms with van der Waals surface area (Å²) in [6.45, 7) is 0. The molecule has 0 aliphatic carbocycles. The van der Waals surface area contributed by atoms with Crippen molar-refractivity contribution in [2.45, 2.75) is 0 Å². The molecule has 14 heavy (non-hydrogen) atoms. The maximum absolute atomic E-state index is 2.00. The molecule has 0 saturated heterocycles. The normalized spacial score (nSPS) is 5.71. The summed E-state index contributed by atoms with van der Waals surface area (Å²) >= 11 is 0. The van der Waals surface area contributed by atoms with Crippen molar-refractivity contribution in [1.82, 2.24) is 0 Å². The van der Waals surface area contributed by atoms with Crippen molar-refractivity contribution in [1.29, 1.82) is 0 Å². The predicted molar refractivity (Wildman–Crippen MR) is 44.1 cm³/mol. The number of hydrogen-bond donors (Lipinski definition) is 0. The van der Waals surface area contributed by atoms with Crippen molar-refractivity contribution < 1.29 is 73.3 Å². The fraction of sp³-hybridized carbons (Fsp3) is 0. The summed E-state index contributed by atoms with van der Waals surface area (Å²) in [5.41, 5.74) is 0. The molecule has 0 radical (unpaired) electrons. The van der Waals surface area contributed by atoms with E-state index in [0.29, 0.717) is 0 Å². The Hall–Kier alpha value is 0.880. The van der Waals surface area contributed by atoms with E-state index in [9.17, 15) is 0 Å². The second-order valence-electron chi connectivity index (χ2n) is 1.92. The van der Waals surface area contributed by atoms with Gasteiger partial charge in [-0.3, -0.25) is 0 Å². The summed E-state index contributed by atoms with van der Waals surface area (Å²) in [6.07, 6.45) is 0. The zero-order valence-electron chi connectivity index (χ0n) is 7.35. The third-order valence-electron chi connectivity index (χ3n) is 1.11. The molecule has 0 aromatic heterocycles. The van der Waals surface area contributed by atoms with Gasteiger partial charge in [0.2, 0.25) is 0 Å². The molecule has 0 N–H and O–H groups in total. The van der Waals surface area contributed by atoms with Gasteiger partial charge in [-0.25, -0.2) is 24.3 Å². The van der Waals surface area contributed by atoms with Crippen molar-refractivity contribution >= 4 is 0 Å². The van der Waals surface area contributed by atoms with E-state index < -0.39 is 0 Å². The van der Waals surface area contributed by atoms with Gasteiger partial charge in [-0.15, -0.1) is 0 Å². The number of halogens is 3. The van der Waals surface area contributed by atoms with Gasteiger partial charge in [0.15, 0.2) is 0 Å². The first-order chi connectivity index (χ1) is 5.00. The van der Waals surface area contributed by atoms with E-state index >= 15 is 0 Å². The van der Waals surface area contributed by atoms with Crippen LogP contribution >= 0.6 is 0 Å². The standard InChI is InChI=1S/2C5H5.3BrH.Nb/c2*1-2-4-5-3-1;;;;/h2*1-5H;3*1H;/q2*-1;;;;+5/p-3. The van der Waals surface area contributed by atoms with Crippen molar-refractivity contribution in [3.8, 4) is 0 Å². The van der Waals surface area contributed by atoms with Crippen LogP contribution in [0.15, 0.2) is 60.7 Å². The molecule has 0 amide bonds. The molecular weight excluding hydrogens is 453 g/mol. The smallest absolute Gasteiger partial charge is 1.00 e. The Kier molecular flexibility index (Phi) is 33.6. The van der Waals surface area contributed by atoms with Crippen LogP contribution < -0.4 is 50.9 Å². The van der Waals surface area contributed by atoms with E-state index in [0.717, 1.165) is 0 Å². The summed E-state index contributed by atoms with van der Waals surface area (Å²) in [5, 5.41) is 0. The quantitative estimate of drug-likeness (QED) is 0.270. The van der Waals surface area contributed by atoms with Crippen molar-refractivity contribution in [2.24, 2.45) is 0 Å². The summed E-state index contributed by atoms with van der Waals surface area (Å²) in [4.78, 5) is 0. The first kappa shape index (κ1) is 24.2. The van der Waals surface area contributed by atoms with Crippen molar-refractivity contribution in [2.75, 3.05) is 0 Å². The molecule has 76 valence electrons. The van der Waals surface area contributed by atoms with Crippen molar-refractivity contribution in [3.63, 3.8) is 0 Å². The fourth-order valence-corrected chi connectivity index (χ4v) is 0.642. The van der Waals surface area contributed by atoms with Crippen LogP contribution in [0.2, 0.25) is 0 Å². The predicted octanol–water partition coefficient (Wildman–Crippen LogP) is -6.18. The summed E-state index contributed by atoms with van der Waals surface area (Å²) < 4.78 is 0. The molecule has 2 aromatic carbocycles. The molecule has 0 fully saturated rings. The Morgan fingerprint density at radius 2 is 0.714 bits per heavy atom. The molecule has 0 saturated carbocycles. The summed E-state index contributed by atoms with van der Waals surface area (Å²) in [7, 11) is 0. The molecule has 0 aliphatic rings. The largest absolute Gasteiger partial charge is 5.00 e. The minimum Gasteiger partial charge on any atom is -1.00 e. The van der Waals surface area contributed by atoms with E-state index in [1.807, 2.05) is 60.7 Å². The molecule has 0 heterocycles. The van der Waals surface area contributed by atoms with Gasteiger partial charge in [0.1, 0.15) is 0 Å². The zero-order chi connectivity index (χ0) is 7.07. The summed E-state index contributed by atoms with van der Waals surface area (Å²) in [6, 6.07) is 20.0. The van der Waals surface area contributed by atoms with Gasteiger partial charge in [-0.1, -0.05) is 0 Å². The molecule has 2 rings (SSSR count). The second-order valence-corrected chi connectivity index (χ2v) is 1.92. The van der Waals surface area contributed by atoms with Crippen LogP contribution in [0.4, 0.5) is 0 Å². The zero-order valence-corrected chi connectivity index (χ0v) is 14.3. The topological polar surface area (TPSA) is 0 Å². The molecular formula is C10H10Br3Nb. The maximum Gasteiger partial charge on any atom is 5.00 e. The molecule has 0 aliphatic heterocycles. The summed E-state index contributed by atoms with van der Waals surface area (Å²) in [5.74, 6) is 0. The molecule has 0 spiro atoms. The van der Waals surface area contributed by atoms with Crippen LogP contribution in [-0.4, -0.2) is 0 Å². The molecule has 0 bridgehead atoms. The third-order valence-corrected chi connectivity index (χ3v) is 1.11. The van der Waals surface area contributed by atoms with Crippen LogP contribution in [0.3, 0.4) is 0 Å². The van der Waals surface area contributed by atoms with Crippen LogP contribution in [0.25, 0.3) is 0 Å². The van der Waals surface area contributed by atoms with E-state index in [4.69, 9.17) is 0 Å². The minimum atomic E-state index is 0. The van der Waals surface area contributed by atoms with E-state index in [1.165, 1.54) is 0 Å². The number of hydrogen-bond acceptors (Lipinski definition) is 0. The first-order valence-electron chi connectivity index (χ1n) is 3.33. The van der Waals surface area contributed by atoms with Gasteiger partial charge in [-0.2, -0.15) is 36.4 Å². The van der Waals surface area contributed by atoms with Crippen LogP contribution in [-0.2, 0) is 22.4 Å². The van der Waals surface area contributed by atoms with Gasteiger partial charge in [0.25, 0.3) is 0 Å². The average molecular weight is 463 g/mol. The van der Waals surface area contributed by atoms with Crippen LogP contribution in [0.1, 0.15) is 0 Å². The van der Waals surface area contributed by atoms with Crippen molar-refractivity contribution in [3.05, 3.63) is 60.7 Å². The van der Waals surface area contributed by atoms with Gasteiger partial charge in [0, 0.05) is 0 Å². The average Bonchev–Trinajstić information content (AvgIpc) is 2.67. The Bertz CT molecular complexity index is 155. The Morgan fingerprint density at radius 3 is 0.786 bits per heavy atom. The molecule has 4 heteroatoms. The van der Waals surface area contributed by atoms with Gasteiger partial charge >= 0.3 is 22.4 Å². The SMILES string of the molecule is [Br-].[Br-].[Br-].[Nb+5].c1cc[cH-]c1.c1cc[cH-]c1. The second kappa shape index (κ2) is 19.5. The van der Waals surface area contributed by atoms with Crippen LogP contribution in [0, 0.1) is 0 Å². The molecule has 2 aromatic rings. The molecule has 0 unspecified atom stereocenters. The number of rotatable bonds is 0. The minimum absolute atomic E-state index is 0. The van der Waals surface area contributed by atoms with Gasteiger partial charge in [-0.05, 0) is 0 Å². The first-order valence-corrected chi connectivity index (χ1v) is 3.33. The third kappa shape index (κ3) is 15.4. The van der Waals surface area contributed by atoms with E-state index in [1.54, 1.807) is 0 Å². The Labute approximate surface area is 133 Å². The van der Waals surface area contributed by atoms with Crippen LogP contribution in [0.5, 0.6) is 0 Å². The Morgan fingerprint density at radius 1 is 0.500 bits per heavy atom. The monoisotopic (exact) mass is 460 g/mol. The van der Waals surface area contributed by atoms with E-state index in [-0.39, 0.29) is 73.3 Å². The molecule has 0 atom stereocenters. The van der Waals surface area contributed by atoms with E-state index in [2.05, 4.69) is 0 Å². The Balaban J connectivity index is -0.0000000556. The maximum atomic E-state index is 2.00.